The van der Waals surface area contributed by atoms with E-state index >= 15 is 0 Å². The van der Waals surface area contributed by atoms with Crippen LogP contribution in [0.5, 0.6) is 0 Å². The summed E-state index contributed by atoms with van der Waals surface area (Å²) in [5.74, 6) is 2.80. The van der Waals surface area contributed by atoms with Crippen molar-refractivity contribution in [3.05, 3.63) is 155 Å². The van der Waals surface area contributed by atoms with Crippen molar-refractivity contribution in [2.24, 2.45) is 46.3 Å². The van der Waals surface area contributed by atoms with Crippen LogP contribution in [0.3, 0.4) is 0 Å². The Morgan fingerprint density at radius 3 is 1.95 bits per heavy atom. The van der Waals surface area contributed by atoms with Gasteiger partial charge >= 0.3 is 5.97 Å². The highest BCUT2D eigenvalue weighted by atomic mass is 16.5. The summed E-state index contributed by atoms with van der Waals surface area (Å²) in [7, 11) is 0. The molecule has 4 nitrogen and oxygen atoms in total. The predicted octanol–water partition coefficient (Wildman–Crippen LogP) is 12.2. The van der Waals surface area contributed by atoms with Crippen LogP contribution in [0.2, 0.25) is 0 Å². The number of aliphatic hydroxyl groups excluding tert-OH is 1. The Labute approximate surface area is 342 Å². The molecule has 0 heterocycles. The predicted molar refractivity (Wildman–Crippen MR) is 230 cm³/mol. The lowest BCUT2D eigenvalue weighted by Gasteiger charge is -2.58. The third kappa shape index (κ3) is 7.58. The largest absolute Gasteiger partial charge is 0.458 e. The fraction of sp³-hybridized carbons (Fsp3) is 0.491. The van der Waals surface area contributed by atoms with Crippen molar-refractivity contribution in [2.45, 2.75) is 110 Å². The maximum absolute atomic E-state index is 12.9. The minimum atomic E-state index is -0.692. The van der Waals surface area contributed by atoms with Crippen molar-refractivity contribution in [2.75, 3.05) is 6.61 Å². The first-order valence-electron chi connectivity index (χ1n) is 22.1. The standard InChI is InChI=1S/C53H64O4/c1-37(36-56-53(40-22-11-6-12-23-40,41-24-13-7-14-25-41)42-26-15-8-16-27-42)18-17-19-38(2)49-48(54)35-47-45-29-28-43-34-44(57-50(55)39-20-9-5-10-21-39)30-32-51(43,3)46(45)31-33-52(47,49)4/h5-16,20-28,37-38,44-49,54H,17-19,29-36H2,1-4H3/t37-,38-,44-,45-,46+,47+,48+,49+,51+,52+/m1/s1. The van der Waals surface area contributed by atoms with Crippen molar-refractivity contribution >= 4 is 5.97 Å². The molecular weight excluding hydrogens is 701 g/mol. The van der Waals surface area contributed by atoms with E-state index in [1.807, 2.05) is 30.3 Å². The van der Waals surface area contributed by atoms with Gasteiger partial charge < -0.3 is 14.6 Å². The van der Waals surface area contributed by atoms with Crippen LogP contribution >= 0.6 is 0 Å². The summed E-state index contributed by atoms with van der Waals surface area (Å²) in [6.45, 7) is 10.5. The number of fused-ring (bicyclic) bond motifs is 5. The zero-order chi connectivity index (χ0) is 39.6. The molecule has 0 unspecified atom stereocenters. The van der Waals surface area contributed by atoms with Gasteiger partial charge in [0.1, 0.15) is 11.7 Å². The zero-order valence-electron chi connectivity index (χ0n) is 34.7. The second-order valence-corrected chi connectivity index (χ2v) is 18.9. The summed E-state index contributed by atoms with van der Waals surface area (Å²) >= 11 is 0. The van der Waals surface area contributed by atoms with Crippen LogP contribution < -0.4 is 0 Å². The molecule has 0 spiro atoms. The Morgan fingerprint density at radius 2 is 1.35 bits per heavy atom. The molecule has 4 aliphatic rings. The summed E-state index contributed by atoms with van der Waals surface area (Å²) in [5, 5.41) is 11.9. The number of hydrogen-bond acceptors (Lipinski definition) is 4. The average Bonchev–Trinajstić information content (AvgIpc) is 3.52. The topological polar surface area (TPSA) is 55.8 Å². The van der Waals surface area contributed by atoms with E-state index in [4.69, 9.17) is 9.47 Å². The van der Waals surface area contributed by atoms with Crippen LogP contribution in [0.1, 0.15) is 119 Å². The van der Waals surface area contributed by atoms with E-state index in [9.17, 15) is 9.90 Å². The van der Waals surface area contributed by atoms with Gasteiger partial charge in [0.25, 0.3) is 0 Å². The van der Waals surface area contributed by atoms with Crippen molar-refractivity contribution in [1.82, 2.24) is 0 Å². The minimum Gasteiger partial charge on any atom is -0.458 e. The van der Waals surface area contributed by atoms with Gasteiger partial charge in [0.05, 0.1) is 18.3 Å². The van der Waals surface area contributed by atoms with Crippen LogP contribution in [0.4, 0.5) is 0 Å². The summed E-state index contributed by atoms with van der Waals surface area (Å²) in [4.78, 5) is 12.9. The van der Waals surface area contributed by atoms with Crippen LogP contribution in [0, 0.1) is 46.3 Å². The van der Waals surface area contributed by atoms with E-state index in [-0.39, 0.29) is 29.0 Å². The van der Waals surface area contributed by atoms with E-state index in [0.29, 0.717) is 47.7 Å². The molecule has 0 saturated heterocycles. The lowest BCUT2D eigenvalue weighted by molar-refractivity contribution is -0.0639. The third-order valence-corrected chi connectivity index (χ3v) is 15.5. The number of rotatable bonds is 13. The van der Waals surface area contributed by atoms with Crippen LogP contribution in [0.25, 0.3) is 0 Å². The van der Waals surface area contributed by atoms with Crippen LogP contribution in [-0.2, 0) is 15.1 Å². The average molecular weight is 765 g/mol. The maximum Gasteiger partial charge on any atom is 0.338 e. The molecule has 8 rings (SSSR count). The van der Waals surface area contributed by atoms with E-state index in [1.54, 1.807) is 0 Å². The highest BCUT2D eigenvalue weighted by Gasteiger charge is 2.61. The summed E-state index contributed by atoms with van der Waals surface area (Å²) in [6, 6.07) is 41.5. The van der Waals surface area contributed by atoms with Gasteiger partial charge in [-0.1, -0.05) is 161 Å². The first kappa shape index (κ1) is 39.8. The van der Waals surface area contributed by atoms with Gasteiger partial charge in [-0.25, -0.2) is 4.79 Å². The number of ether oxygens (including phenoxy) is 2. The number of carbonyl (C=O) groups is 1. The molecule has 4 aliphatic carbocycles. The molecule has 0 radical (unpaired) electrons. The van der Waals surface area contributed by atoms with Crippen molar-refractivity contribution in [3.63, 3.8) is 0 Å². The Morgan fingerprint density at radius 1 is 0.772 bits per heavy atom. The number of esters is 1. The summed E-state index contributed by atoms with van der Waals surface area (Å²) < 4.78 is 13.2. The van der Waals surface area contributed by atoms with Gasteiger partial charge in [-0.15, -0.1) is 0 Å². The fourth-order valence-electron chi connectivity index (χ4n) is 12.7. The first-order chi connectivity index (χ1) is 27.6. The van der Waals surface area contributed by atoms with E-state index in [2.05, 4.69) is 125 Å². The first-order valence-corrected chi connectivity index (χ1v) is 22.1. The number of carbonyl (C=O) groups excluding carboxylic acids is 1. The normalized spacial score (nSPS) is 30.6. The Kier molecular flexibility index (Phi) is 11.7. The van der Waals surface area contributed by atoms with Gasteiger partial charge in [0.2, 0.25) is 0 Å². The quantitative estimate of drug-likeness (QED) is 0.0837. The molecule has 0 amide bonds. The second-order valence-electron chi connectivity index (χ2n) is 18.9. The highest BCUT2D eigenvalue weighted by Crippen LogP contribution is 2.67. The van der Waals surface area contributed by atoms with Crippen LogP contribution in [-0.4, -0.2) is 29.9 Å². The van der Waals surface area contributed by atoms with E-state index < -0.39 is 5.60 Å². The summed E-state index contributed by atoms with van der Waals surface area (Å²) in [6.07, 6.45) is 12.9. The Balaban J connectivity index is 0.897. The van der Waals surface area contributed by atoms with Crippen molar-refractivity contribution < 1.29 is 19.4 Å². The van der Waals surface area contributed by atoms with Crippen molar-refractivity contribution in [3.8, 4) is 0 Å². The molecule has 4 aromatic rings. The molecule has 0 bridgehead atoms. The summed E-state index contributed by atoms with van der Waals surface area (Å²) in [5.41, 5.74) is 5.22. The molecule has 1 N–H and O–H groups in total. The second kappa shape index (κ2) is 16.7. The van der Waals surface area contributed by atoms with E-state index in [0.717, 1.165) is 68.1 Å². The van der Waals surface area contributed by atoms with Crippen LogP contribution in [0.15, 0.2) is 133 Å². The lowest BCUT2D eigenvalue weighted by Crippen LogP contribution is -2.51. The molecule has 300 valence electrons. The zero-order valence-corrected chi connectivity index (χ0v) is 34.7. The lowest BCUT2D eigenvalue weighted by atomic mass is 9.47. The third-order valence-electron chi connectivity index (χ3n) is 15.5. The molecule has 4 heteroatoms. The molecule has 0 aromatic heterocycles. The fourth-order valence-corrected chi connectivity index (χ4v) is 12.7. The molecule has 3 fully saturated rings. The smallest absolute Gasteiger partial charge is 0.338 e. The highest BCUT2D eigenvalue weighted by molar-refractivity contribution is 5.89. The number of aliphatic hydroxyl groups is 1. The molecule has 10 atom stereocenters. The Bertz CT molecular complexity index is 1860. The molecule has 3 saturated carbocycles. The number of benzene rings is 4. The number of allylic oxidation sites excluding steroid dienone is 1. The van der Waals surface area contributed by atoms with Gasteiger partial charge in [-0.3, -0.25) is 0 Å². The SMILES string of the molecule is C[C@H](CCC[C@@H](C)[C@H]1[C@@H](O)C[C@H]2[C@@H]3CC=C4C[C@H](OC(=O)c5ccccc5)CC[C@]4(C)[C@H]3CC[C@]12C)COC(c1ccccc1)(c1ccccc1)c1ccccc1. The van der Waals surface area contributed by atoms with Gasteiger partial charge in [0, 0.05) is 6.42 Å². The Hall–Kier alpha value is -3.99. The number of hydrogen-bond donors (Lipinski definition) is 1. The molecule has 4 aromatic carbocycles. The molecule has 0 aliphatic heterocycles. The molecular formula is C53H64O4. The van der Waals surface area contributed by atoms with Crippen molar-refractivity contribution in [1.29, 1.82) is 0 Å². The molecule has 57 heavy (non-hydrogen) atoms. The minimum absolute atomic E-state index is 0.0469. The van der Waals surface area contributed by atoms with Gasteiger partial charge in [-0.05, 0) is 120 Å². The monoisotopic (exact) mass is 764 g/mol. The van der Waals surface area contributed by atoms with Gasteiger partial charge in [-0.2, -0.15) is 0 Å². The van der Waals surface area contributed by atoms with Gasteiger partial charge in [0.15, 0.2) is 0 Å². The maximum atomic E-state index is 12.9. The van der Waals surface area contributed by atoms with E-state index in [1.165, 1.54) is 18.4 Å².